The zero-order valence-electron chi connectivity index (χ0n) is 16.0. The van der Waals surface area contributed by atoms with Gasteiger partial charge in [-0.15, -0.1) is 10.2 Å². The lowest BCUT2D eigenvalue weighted by Crippen LogP contribution is -2.25. The van der Waals surface area contributed by atoms with E-state index in [-0.39, 0.29) is 11.9 Å². The van der Waals surface area contributed by atoms with Crippen molar-refractivity contribution < 1.29 is 4.79 Å². The van der Waals surface area contributed by atoms with Gasteiger partial charge in [-0.25, -0.2) is 4.98 Å². The molecule has 1 amide bonds. The van der Waals surface area contributed by atoms with Gasteiger partial charge in [0.05, 0.1) is 4.70 Å². The number of aromatic nitrogens is 4. The summed E-state index contributed by atoms with van der Waals surface area (Å²) in [7, 11) is 0. The van der Waals surface area contributed by atoms with E-state index >= 15 is 0 Å². The fraction of sp³-hybridized carbons (Fsp3) is 0.250. The highest BCUT2D eigenvalue weighted by Crippen LogP contribution is 2.30. The molecule has 0 saturated carbocycles. The molecule has 1 atom stereocenters. The summed E-state index contributed by atoms with van der Waals surface area (Å²) in [4.78, 5) is 23.6. The molecule has 1 saturated heterocycles. The molecule has 1 aliphatic rings. The highest BCUT2D eigenvalue weighted by Gasteiger charge is 2.26. The number of fused-ring (bicyclic) bond motifs is 1. The number of anilines is 2. The number of benzene rings is 1. The monoisotopic (exact) mass is 437 g/mol. The van der Waals surface area contributed by atoms with Gasteiger partial charge >= 0.3 is 0 Å². The van der Waals surface area contributed by atoms with Crippen molar-refractivity contribution >= 4 is 49.2 Å². The molecule has 4 heterocycles. The highest BCUT2D eigenvalue weighted by molar-refractivity contribution is 7.22. The second-order valence-electron chi connectivity index (χ2n) is 6.98. The second kappa shape index (κ2) is 8.33. The first-order valence-corrected chi connectivity index (χ1v) is 11.3. The van der Waals surface area contributed by atoms with E-state index in [1.807, 2.05) is 42.5 Å². The largest absolute Gasteiger partial charge is 0.355 e. The average molecular weight is 438 g/mol. The lowest BCUT2D eigenvalue weighted by Gasteiger charge is -2.14. The van der Waals surface area contributed by atoms with Gasteiger partial charge in [0, 0.05) is 31.9 Å². The maximum atomic E-state index is 12.3. The van der Waals surface area contributed by atoms with Crippen LogP contribution in [0.25, 0.3) is 10.3 Å². The van der Waals surface area contributed by atoms with E-state index in [1.54, 1.807) is 17.5 Å². The fourth-order valence-corrected chi connectivity index (χ4v) is 5.04. The summed E-state index contributed by atoms with van der Waals surface area (Å²) in [6, 6.07) is 14.0. The van der Waals surface area contributed by atoms with Crippen molar-refractivity contribution in [3.05, 3.63) is 59.2 Å². The zero-order chi connectivity index (χ0) is 20.3. The van der Waals surface area contributed by atoms with Crippen LogP contribution in [0.4, 0.5) is 10.3 Å². The smallest absolute Gasteiger partial charge is 0.282 e. The quantitative estimate of drug-likeness (QED) is 0.478. The molecule has 1 fully saturated rings. The van der Waals surface area contributed by atoms with Crippen LogP contribution in [-0.4, -0.2) is 45.2 Å². The van der Waals surface area contributed by atoms with E-state index in [0.717, 1.165) is 40.6 Å². The zero-order valence-corrected chi connectivity index (χ0v) is 17.6. The molecule has 4 aromatic rings. The minimum atomic E-state index is -0.209. The number of carbonyl (C=O) groups is 1. The maximum absolute atomic E-state index is 12.3. The molecule has 2 N–H and O–H groups in total. The number of carbonyl (C=O) groups excluding carboxylic acids is 1. The lowest BCUT2D eigenvalue weighted by molar-refractivity contribution is 0.0950. The number of pyridine rings is 1. The van der Waals surface area contributed by atoms with Crippen LogP contribution in [0.15, 0.2) is 48.7 Å². The van der Waals surface area contributed by atoms with Crippen molar-refractivity contribution in [2.24, 2.45) is 0 Å². The van der Waals surface area contributed by atoms with Gasteiger partial charge in [-0.1, -0.05) is 53.0 Å². The predicted molar refractivity (Wildman–Crippen MR) is 119 cm³/mol. The van der Waals surface area contributed by atoms with Crippen LogP contribution in [0.2, 0.25) is 0 Å². The van der Waals surface area contributed by atoms with Crippen molar-refractivity contribution in [1.82, 2.24) is 25.5 Å². The summed E-state index contributed by atoms with van der Waals surface area (Å²) in [5.41, 5.74) is 1.84. The van der Waals surface area contributed by atoms with Gasteiger partial charge in [-0.2, -0.15) is 4.98 Å². The topological polar surface area (TPSA) is 95.9 Å². The normalized spacial score (nSPS) is 16.1. The van der Waals surface area contributed by atoms with Gasteiger partial charge in [0.25, 0.3) is 5.91 Å². The lowest BCUT2D eigenvalue weighted by atomic mass is 10.2. The Morgan fingerprint density at radius 1 is 1.13 bits per heavy atom. The van der Waals surface area contributed by atoms with E-state index in [2.05, 4.69) is 35.7 Å². The number of hydrogen-bond acceptors (Lipinski definition) is 9. The van der Waals surface area contributed by atoms with Crippen LogP contribution in [0, 0.1) is 0 Å². The van der Waals surface area contributed by atoms with Crippen LogP contribution in [0.5, 0.6) is 0 Å². The van der Waals surface area contributed by atoms with E-state index in [1.165, 1.54) is 11.3 Å². The Morgan fingerprint density at radius 3 is 2.90 bits per heavy atom. The number of rotatable bonds is 6. The van der Waals surface area contributed by atoms with Crippen molar-refractivity contribution in [2.75, 3.05) is 23.3 Å². The molecule has 1 aromatic carbocycles. The Morgan fingerprint density at radius 2 is 2.03 bits per heavy atom. The molecule has 10 heteroatoms. The highest BCUT2D eigenvalue weighted by atomic mass is 32.1. The van der Waals surface area contributed by atoms with E-state index < -0.39 is 0 Å². The average Bonchev–Trinajstić information content (AvgIpc) is 3.52. The van der Waals surface area contributed by atoms with Crippen molar-refractivity contribution in [3.63, 3.8) is 0 Å². The van der Waals surface area contributed by atoms with Crippen LogP contribution in [0.1, 0.15) is 21.8 Å². The molecule has 0 spiro atoms. The van der Waals surface area contributed by atoms with Gasteiger partial charge < -0.3 is 15.5 Å². The number of thiazole rings is 1. The molecule has 0 unspecified atom stereocenters. The molecule has 3 aromatic heterocycles. The van der Waals surface area contributed by atoms with Crippen molar-refractivity contribution in [2.45, 2.75) is 19.0 Å². The Bertz CT molecular complexity index is 1130. The molecule has 8 nitrogen and oxygen atoms in total. The summed E-state index contributed by atoms with van der Waals surface area (Å²) in [5.74, 6) is -0.209. The molecular weight excluding hydrogens is 418 g/mol. The summed E-state index contributed by atoms with van der Waals surface area (Å²) < 4.78 is 1.10. The van der Waals surface area contributed by atoms with E-state index in [9.17, 15) is 4.79 Å². The number of nitrogens with one attached hydrogen (secondary N) is 2. The fourth-order valence-electron chi connectivity index (χ4n) is 3.35. The summed E-state index contributed by atoms with van der Waals surface area (Å²) in [6.45, 7) is 2.21. The molecule has 0 bridgehead atoms. The van der Waals surface area contributed by atoms with E-state index in [4.69, 9.17) is 0 Å². The number of amides is 1. The van der Waals surface area contributed by atoms with Crippen LogP contribution < -0.4 is 15.5 Å². The predicted octanol–water partition coefficient (Wildman–Crippen LogP) is 3.16. The summed E-state index contributed by atoms with van der Waals surface area (Å²) in [6.07, 6.45) is 2.74. The maximum Gasteiger partial charge on any atom is 0.282 e. The third-order valence-corrected chi connectivity index (χ3v) is 6.78. The molecule has 1 aliphatic heterocycles. The van der Waals surface area contributed by atoms with Gasteiger partial charge in [0.15, 0.2) is 10.8 Å². The second-order valence-corrected chi connectivity index (χ2v) is 8.96. The number of hydrogen-bond donors (Lipinski definition) is 2. The first-order valence-electron chi connectivity index (χ1n) is 9.63. The van der Waals surface area contributed by atoms with Crippen LogP contribution >= 0.6 is 22.7 Å². The molecule has 0 radical (unpaired) electrons. The molecule has 152 valence electrons. The molecule has 0 aliphatic carbocycles. The Balaban J connectivity index is 1.17. The molecule has 30 heavy (non-hydrogen) atoms. The Hall–Kier alpha value is -3.11. The minimum Gasteiger partial charge on any atom is -0.355 e. The van der Waals surface area contributed by atoms with Crippen LogP contribution in [0.3, 0.4) is 0 Å². The number of nitrogens with zero attached hydrogens (tertiary/aromatic N) is 5. The third kappa shape index (κ3) is 4.10. The van der Waals surface area contributed by atoms with Gasteiger partial charge in [0.2, 0.25) is 10.1 Å². The van der Waals surface area contributed by atoms with Gasteiger partial charge in [0.1, 0.15) is 0 Å². The standard InChI is InChI=1S/C20H19N7OS2/c28-17(22-11-13-5-2-1-3-6-13)18-25-26-19(30-18)23-14-8-10-27(12-14)20-24-16-15(29-20)7-4-9-21-16/h1-7,9,14H,8,10-12H2,(H,22,28)(H,23,26)/t14-/m1/s1. The Kier molecular flexibility index (Phi) is 5.24. The summed E-state index contributed by atoms with van der Waals surface area (Å²) in [5, 5.41) is 16.5. The molecule has 5 rings (SSSR count). The van der Waals surface area contributed by atoms with Gasteiger partial charge in [-0.05, 0) is 24.1 Å². The van der Waals surface area contributed by atoms with Crippen molar-refractivity contribution in [1.29, 1.82) is 0 Å². The Labute approximate surface area is 181 Å². The molecular formula is C20H19N7OS2. The van der Waals surface area contributed by atoms with E-state index in [0.29, 0.717) is 16.7 Å². The minimum absolute atomic E-state index is 0.209. The SMILES string of the molecule is O=C(NCc1ccccc1)c1nnc(N[C@@H]2CCN(c3nc4ncccc4s3)C2)s1. The van der Waals surface area contributed by atoms with Crippen LogP contribution in [-0.2, 0) is 6.54 Å². The van der Waals surface area contributed by atoms with Crippen molar-refractivity contribution in [3.8, 4) is 0 Å². The summed E-state index contributed by atoms with van der Waals surface area (Å²) >= 11 is 2.94. The third-order valence-electron chi connectivity index (χ3n) is 4.86. The first-order chi connectivity index (χ1) is 14.7. The first kappa shape index (κ1) is 18.9. The van der Waals surface area contributed by atoms with Gasteiger partial charge in [-0.3, -0.25) is 4.79 Å².